The zero-order valence-electron chi connectivity index (χ0n) is 29.3. The van der Waals surface area contributed by atoms with Crippen LogP contribution in [0.1, 0.15) is 0 Å². The van der Waals surface area contributed by atoms with Crippen LogP contribution < -0.4 is 0 Å². The van der Waals surface area contributed by atoms with Crippen LogP contribution in [0.4, 0.5) is 0 Å². The van der Waals surface area contributed by atoms with Gasteiger partial charge in [0.05, 0.1) is 22.4 Å². The summed E-state index contributed by atoms with van der Waals surface area (Å²) in [6.45, 7) is 0. The molecule has 0 fully saturated rings. The first-order valence-corrected chi connectivity index (χ1v) is 18.1. The first-order valence-electron chi connectivity index (χ1n) is 18.1. The van der Waals surface area contributed by atoms with E-state index in [-0.39, 0.29) is 0 Å². The minimum Gasteiger partial charge on any atom is -0.309 e. The van der Waals surface area contributed by atoms with Crippen LogP contribution >= 0.6 is 0 Å². The molecule has 254 valence electrons. The Morgan fingerprint density at radius 1 is 0.278 bits per heavy atom. The van der Waals surface area contributed by atoms with E-state index in [0.29, 0.717) is 17.5 Å². The summed E-state index contributed by atoms with van der Waals surface area (Å²) in [5.74, 6) is 1.85. The van der Waals surface area contributed by atoms with Crippen molar-refractivity contribution in [2.24, 2.45) is 0 Å². The van der Waals surface area contributed by atoms with E-state index < -0.39 is 0 Å². The van der Waals surface area contributed by atoms with Gasteiger partial charge in [-0.05, 0) is 53.6 Å². The van der Waals surface area contributed by atoms with Crippen LogP contribution in [0, 0.1) is 0 Å². The lowest BCUT2D eigenvalue weighted by Gasteiger charge is -2.18. The van der Waals surface area contributed by atoms with Gasteiger partial charge in [-0.2, -0.15) is 0 Å². The maximum atomic E-state index is 5.19. The lowest BCUT2D eigenvalue weighted by molar-refractivity contribution is 1.06. The van der Waals surface area contributed by atoms with E-state index in [1.807, 2.05) is 60.7 Å². The molecule has 0 spiro atoms. The molecule has 0 aliphatic heterocycles. The Labute approximate surface area is 313 Å². The number of rotatable bonds is 7. The third kappa shape index (κ3) is 5.65. The van der Waals surface area contributed by atoms with E-state index in [4.69, 9.17) is 15.0 Å². The first kappa shape index (κ1) is 31.4. The van der Waals surface area contributed by atoms with Gasteiger partial charge in [-0.15, -0.1) is 0 Å². The molecule has 7 aromatic carbocycles. The minimum atomic E-state index is 0.598. The van der Waals surface area contributed by atoms with Crippen LogP contribution in [0.3, 0.4) is 0 Å². The predicted molar refractivity (Wildman–Crippen MR) is 221 cm³/mol. The average molecular weight is 692 g/mol. The molecule has 0 atom stereocenters. The minimum absolute atomic E-state index is 0.598. The van der Waals surface area contributed by atoms with Crippen LogP contribution in [0.5, 0.6) is 0 Å². The SMILES string of the molecule is c1ccc(-c2nc(-c3ccccc3)nc(-c3cc(-n4c(-c5ccccc5)cc5ccccc54)cc(-n4c(-c5ccccc5)cc5ccccc54)c3)n2)cc1. The molecule has 0 N–H and O–H groups in total. The zero-order valence-corrected chi connectivity index (χ0v) is 29.3. The smallest absolute Gasteiger partial charge is 0.164 e. The van der Waals surface area contributed by atoms with Crippen LogP contribution in [0.15, 0.2) is 200 Å². The summed E-state index contributed by atoms with van der Waals surface area (Å²) in [7, 11) is 0. The van der Waals surface area contributed by atoms with Crippen molar-refractivity contribution >= 4 is 21.8 Å². The highest BCUT2D eigenvalue weighted by atomic mass is 15.0. The van der Waals surface area contributed by atoms with E-state index in [9.17, 15) is 0 Å². The molecule has 3 aromatic heterocycles. The lowest BCUT2D eigenvalue weighted by atomic mass is 10.1. The van der Waals surface area contributed by atoms with Gasteiger partial charge < -0.3 is 9.13 Å². The monoisotopic (exact) mass is 691 g/mol. The summed E-state index contributed by atoms with van der Waals surface area (Å²) < 4.78 is 4.73. The zero-order chi connectivity index (χ0) is 35.8. The molecule has 0 saturated heterocycles. The Hall–Kier alpha value is -7.37. The Morgan fingerprint density at radius 3 is 1.02 bits per heavy atom. The largest absolute Gasteiger partial charge is 0.309 e. The molecular weight excluding hydrogens is 659 g/mol. The fraction of sp³-hybridized carbons (Fsp3) is 0. The van der Waals surface area contributed by atoms with Crippen LogP contribution in [-0.4, -0.2) is 24.1 Å². The number of para-hydroxylation sites is 2. The lowest BCUT2D eigenvalue weighted by Crippen LogP contribution is -2.04. The molecule has 0 amide bonds. The Balaban J connectivity index is 1.30. The van der Waals surface area contributed by atoms with E-state index in [1.54, 1.807) is 0 Å². The van der Waals surface area contributed by atoms with Crippen LogP contribution in [-0.2, 0) is 0 Å². The molecule has 54 heavy (non-hydrogen) atoms. The van der Waals surface area contributed by atoms with Gasteiger partial charge in [-0.3, -0.25) is 0 Å². The first-order chi connectivity index (χ1) is 26.8. The fourth-order valence-corrected chi connectivity index (χ4v) is 7.43. The van der Waals surface area contributed by atoms with E-state index in [0.717, 1.165) is 72.4 Å². The molecule has 5 nitrogen and oxygen atoms in total. The highest BCUT2D eigenvalue weighted by Crippen LogP contribution is 2.38. The predicted octanol–water partition coefficient (Wildman–Crippen LogP) is 12.1. The molecule has 3 heterocycles. The van der Waals surface area contributed by atoms with Gasteiger partial charge in [0.15, 0.2) is 17.5 Å². The molecule has 0 bridgehead atoms. The van der Waals surface area contributed by atoms with Gasteiger partial charge in [-0.25, -0.2) is 15.0 Å². The van der Waals surface area contributed by atoms with Gasteiger partial charge in [0.1, 0.15) is 0 Å². The van der Waals surface area contributed by atoms with Gasteiger partial charge in [0.25, 0.3) is 0 Å². The van der Waals surface area contributed by atoms with Crippen molar-refractivity contribution in [1.82, 2.24) is 24.1 Å². The summed E-state index contributed by atoms with van der Waals surface area (Å²) in [5, 5.41) is 2.33. The van der Waals surface area contributed by atoms with Crippen molar-refractivity contribution in [3.8, 4) is 68.1 Å². The van der Waals surface area contributed by atoms with E-state index in [1.165, 1.54) is 0 Å². The molecule has 0 aliphatic rings. The third-order valence-corrected chi connectivity index (χ3v) is 9.94. The maximum absolute atomic E-state index is 5.19. The standard InChI is InChI=1S/C49H33N5/c1-5-17-34(18-6-1)45-31-38-25-13-15-27-43(38)53(45)41-29-40(49-51-47(36-21-9-3-10-22-36)50-48(52-49)37-23-11-4-12-24-37)30-42(33-41)54-44-28-16-14-26-39(44)32-46(54)35-19-7-2-8-20-35/h1-33H. The third-order valence-electron chi connectivity index (χ3n) is 9.94. The quantitative estimate of drug-likeness (QED) is 0.167. The summed E-state index contributed by atoms with van der Waals surface area (Å²) in [4.78, 5) is 15.4. The van der Waals surface area contributed by atoms with Crippen molar-refractivity contribution in [3.63, 3.8) is 0 Å². The van der Waals surface area contributed by atoms with Crippen molar-refractivity contribution in [2.45, 2.75) is 0 Å². The molecule has 0 aliphatic carbocycles. The van der Waals surface area contributed by atoms with E-state index in [2.05, 4.69) is 149 Å². The number of nitrogens with zero attached hydrogens (tertiary/aromatic N) is 5. The normalized spacial score (nSPS) is 11.3. The second-order valence-corrected chi connectivity index (χ2v) is 13.4. The van der Waals surface area contributed by atoms with Gasteiger partial charge in [0, 0.05) is 38.8 Å². The second kappa shape index (κ2) is 13.3. The summed E-state index contributed by atoms with van der Waals surface area (Å²) in [5.41, 5.74) is 11.5. The van der Waals surface area contributed by atoms with Gasteiger partial charge in [-0.1, -0.05) is 158 Å². The molecule has 10 rings (SSSR count). The summed E-state index contributed by atoms with van der Waals surface area (Å²) in [6.07, 6.45) is 0. The fourth-order valence-electron chi connectivity index (χ4n) is 7.43. The number of hydrogen-bond donors (Lipinski definition) is 0. The van der Waals surface area contributed by atoms with E-state index >= 15 is 0 Å². The van der Waals surface area contributed by atoms with Crippen LogP contribution in [0.25, 0.3) is 89.9 Å². The Bertz CT molecular complexity index is 2720. The molecule has 10 aromatic rings. The molecule has 0 saturated carbocycles. The molecule has 0 unspecified atom stereocenters. The topological polar surface area (TPSA) is 48.5 Å². The maximum Gasteiger partial charge on any atom is 0.164 e. The molecule has 0 radical (unpaired) electrons. The summed E-state index contributed by atoms with van der Waals surface area (Å²) in [6, 6.07) is 69.9. The number of fused-ring (bicyclic) bond motifs is 2. The van der Waals surface area contributed by atoms with Gasteiger partial charge >= 0.3 is 0 Å². The molecule has 5 heteroatoms. The second-order valence-electron chi connectivity index (χ2n) is 13.4. The number of aromatic nitrogens is 5. The van der Waals surface area contributed by atoms with Crippen LogP contribution in [0.2, 0.25) is 0 Å². The van der Waals surface area contributed by atoms with Crippen molar-refractivity contribution in [2.75, 3.05) is 0 Å². The van der Waals surface area contributed by atoms with Crippen molar-refractivity contribution in [1.29, 1.82) is 0 Å². The number of benzene rings is 7. The average Bonchev–Trinajstić information content (AvgIpc) is 3.84. The highest BCUT2D eigenvalue weighted by Gasteiger charge is 2.20. The van der Waals surface area contributed by atoms with Crippen molar-refractivity contribution < 1.29 is 0 Å². The highest BCUT2D eigenvalue weighted by molar-refractivity contribution is 5.92. The summed E-state index contributed by atoms with van der Waals surface area (Å²) >= 11 is 0. The Kier molecular flexibility index (Phi) is 7.73. The number of hydrogen-bond acceptors (Lipinski definition) is 3. The molecular formula is C49H33N5. The Morgan fingerprint density at radius 2 is 0.611 bits per heavy atom. The van der Waals surface area contributed by atoms with Crippen molar-refractivity contribution in [3.05, 3.63) is 200 Å². The van der Waals surface area contributed by atoms with Gasteiger partial charge in [0.2, 0.25) is 0 Å².